The Kier molecular flexibility index (Phi) is 5.60. The smallest absolute Gasteiger partial charge is 0.305 e. The number of hydrogen-bond donors (Lipinski definition) is 1. The predicted molar refractivity (Wildman–Crippen MR) is 77.9 cm³/mol. The molecule has 1 heterocycles. The average molecular weight is 265 g/mol. The molecule has 1 aromatic heterocycles. The number of aromatic nitrogens is 1. The summed E-state index contributed by atoms with van der Waals surface area (Å²) in [5, 5.41) is 8.81. The molecule has 5 nitrogen and oxygen atoms in total. The maximum absolute atomic E-state index is 10.7. The van der Waals surface area contributed by atoms with Crippen LogP contribution < -0.4 is 9.80 Å². The van der Waals surface area contributed by atoms with E-state index >= 15 is 0 Å². The van der Waals surface area contributed by atoms with E-state index in [1.54, 1.807) is 6.20 Å². The van der Waals surface area contributed by atoms with Crippen LogP contribution in [0, 0.1) is 5.92 Å². The van der Waals surface area contributed by atoms with Gasteiger partial charge >= 0.3 is 5.97 Å². The molecule has 0 atom stereocenters. The quantitative estimate of drug-likeness (QED) is 0.818. The zero-order valence-corrected chi connectivity index (χ0v) is 12.1. The third-order valence-corrected chi connectivity index (χ3v) is 2.74. The minimum atomic E-state index is -0.772. The van der Waals surface area contributed by atoms with Gasteiger partial charge in [-0.2, -0.15) is 0 Å². The summed E-state index contributed by atoms with van der Waals surface area (Å²) in [7, 11) is 3.89. The molecular weight excluding hydrogens is 242 g/mol. The third kappa shape index (κ3) is 5.16. The van der Waals surface area contributed by atoms with Crippen molar-refractivity contribution in [1.82, 2.24) is 4.98 Å². The molecular formula is C14H23N3O2. The van der Waals surface area contributed by atoms with E-state index in [1.165, 1.54) is 0 Å². The standard InChI is InChI=1S/C14H23N3O2/c1-11(2)10-17(8-7-14(18)19)12-5-6-13(15-9-12)16(3)4/h5-6,9,11H,7-8,10H2,1-4H3,(H,18,19). The minimum absolute atomic E-state index is 0.141. The van der Waals surface area contributed by atoms with Gasteiger partial charge in [0.15, 0.2) is 0 Å². The van der Waals surface area contributed by atoms with Crippen LogP contribution in [0.1, 0.15) is 20.3 Å². The Morgan fingerprint density at radius 1 is 1.37 bits per heavy atom. The van der Waals surface area contributed by atoms with Crippen molar-refractivity contribution < 1.29 is 9.90 Å². The number of aliphatic carboxylic acids is 1. The lowest BCUT2D eigenvalue weighted by Gasteiger charge is -2.26. The second kappa shape index (κ2) is 6.97. The lowest BCUT2D eigenvalue weighted by molar-refractivity contribution is -0.136. The van der Waals surface area contributed by atoms with Crippen molar-refractivity contribution in [2.75, 3.05) is 37.0 Å². The Balaban J connectivity index is 2.80. The van der Waals surface area contributed by atoms with Crippen LogP contribution in [-0.4, -0.2) is 43.2 Å². The van der Waals surface area contributed by atoms with Gasteiger partial charge < -0.3 is 14.9 Å². The molecule has 0 saturated heterocycles. The lowest BCUT2D eigenvalue weighted by atomic mass is 10.2. The van der Waals surface area contributed by atoms with Gasteiger partial charge in [0.1, 0.15) is 5.82 Å². The number of carboxylic acids is 1. The summed E-state index contributed by atoms with van der Waals surface area (Å²) in [6.07, 6.45) is 1.95. The van der Waals surface area contributed by atoms with Gasteiger partial charge in [-0.1, -0.05) is 13.8 Å². The highest BCUT2D eigenvalue weighted by molar-refractivity contribution is 5.67. The minimum Gasteiger partial charge on any atom is -0.481 e. The first-order valence-corrected chi connectivity index (χ1v) is 6.50. The van der Waals surface area contributed by atoms with Gasteiger partial charge in [0.25, 0.3) is 0 Å². The predicted octanol–water partition coefficient (Wildman–Crippen LogP) is 2.08. The highest BCUT2D eigenvalue weighted by atomic mass is 16.4. The maximum atomic E-state index is 10.7. The second-order valence-electron chi connectivity index (χ2n) is 5.25. The van der Waals surface area contributed by atoms with Crippen LogP contribution in [0.15, 0.2) is 18.3 Å². The number of anilines is 2. The molecule has 0 fully saturated rings. The summed E-state index contributed by atoms with van der Waals surface area (Å²) >= 11 is 0. The molecule has 0 bridgehead atoms. The molecule has 0 unspecified atom stereocenters. The first-order valence-electron chi connectivity index (χ1n) is 6.50. The molecule has 0 aliphatic heterocycles. The summed E-state index contributed by atoms with van der Waals surface area (Å²) in [6.45, 7) is 5.58. The van der Waals surface area contributed by atoms with Gasteiger partial charge in [-0.05, 0) is 18.1 Å². The number of nitrogens with zero attached hydrogens (tertiary/aromatic N) is 3. The molecule has 19 heavy (non-hydrogen) atoms. The monoisotopic (exact) mass is 265 g/mol. The van der Waals surface area contributed by atoms with E-state index in [9.17, 15) is 4.79 Å². The fourth-order valence-electron chi connectivity index (χ4n) is 1.83. The summed E-state index contributed by atoms with van der Waals surface area (Å²) < 4.78 is 0. The Labute approximate surface area is 114 Å². The van der Waals surface area contributed by atoms with E-state index in [2.05, 4.69) is 23.7 Å². The van der Waals surface area contributed by atoms with Crippen LogP contribution in [-0.2, 0) is 4.79 Å². The van der Waals surface area contributed by atoms with Crippen LogP contribution in [0.2, 0.25) is 0 Å². The summed E-state index contributed by atoms with van der Waals surface area (Å²) in [6, 6.07) is 3.94. The Bertz CT molecular complexity index is 402. The van der Waals surface area contributed by atoms with Gasteiger partial charge in [0.05, 0.1) is 18.3 Å². The van der Waals surface area contributed by atoms with Gasteiger partial charge in [-0.3, -0.25) is 4.79 Å². The molecule has 0 amide bonds. The van der Waals surface area contributed by atoms with E-state index in [-0.39, 0.29) is 6.42 Å². The van der Waals surface area contributed by atoms with Crippen molar-refractivity contribution in [3.63, 3.8) is 0 Å². The molecule has 1 N–H and O–H groups in total. The maximum Gasteiger partial charge on any atom is 0.305 e. The molecule has 0 radical (unpaired) electrons. The molecule has 1 rings (SSSR count). The van der Waals surface area contributed by atoms with E-state index in [1.807, 2.05) is 31.1 Å². The fraction of sp³-hybridized carbons (Fsp3) is 0.571. The van der Waals surface area contributed by atoms with Crippen molar-refractivity contribution in [2.24, 2.45) is 5.92 Å². The molecule has 0 aliphatic rings. The highest BCUT2D eigenvalue weighted by Gasteiger charge is 2.11. The second-order valence-corrected chi connectivity index (χ2v) is 5.25. The average Bonchev–Trinajstić information content (AvgIpc) is 2.34. The number of rotatable bonds is 7. The fourth-order valence-corrected chi connectivity index (χ4v) is 1.83. The topological polar surface area (TPSA) is 56.7 Å². The molecule has 0 saturated carbocycles. The van der Waals surface area contributed by atoms with Crippen LogP contribution in [0.25, 0.3) is 0 Å². The van der Waals surface area contributed by atoms with Crippen molar-refractivity contribution in [3.05, 3.63) is 18.3 Å². The van der Waals surface area contributed by atoms with E-state index < -0.39 is 5.97 Å². The Morgan fingerprint density at radius 3 is 2.47 bits per heavy atom. The first kappa shape index (κ1) is 15.3. The number of pyridine rings is 1. The van der Waals surface area contributed by atoms with Crippen molar-refractivity contribution in [1.29, 1.82) is 0 Å². The van der Waals surface area contributed by atoms with E-state index in [4.69, 9.17) is 5.11 Å². The molecule has 1 aromatic rings. The van der Waals surface area contributed by atoms with E-state index in [0.717, 1.165) is 18.1 Å². The number of carboxylic acid groups (broad SMARTS) is 1. The SMILES string of the molecule is CC(C)CN(CCC(=O)O)c1ccc(N(C)C)nc1. The Hall–Kier alpha value is -1.78. The first-order chi connectivity index (χ1) is 8.90. The third-order valence-electron chi connectivity index (χ3n) is 2.74. The molecule has 5 heteroatoms. The number of carbonyl (C=O) groups is 1. The molecule has 0 spiro atoms. The van der Waals surface area contributed by atoms with Crippen LogP contribution in [0.5, 0.6) is 0 Å². The summed E-state index contributed by atoms with van der Waals surface area (Å²) in [5.41, 5.74) is 0.973. The lowest BCUT2D eigenvalue weighted by Crippen LogP contribution is -2.30. The number of hydrogen-bond acceptors (Lipinski definition) is 4. The van der Waals surface area contributed by atoms with Gasteiger partial charge in [0.2, 0.25) is 0 Å². The normalized spacial score (nSPS) is 10.6. The van der Waals surface area contributed by atoms with Crippen molar-refractivity contribution >= 4 is 17.5 Å². The summed E-state index contributed by atoms with van der Waals surface area (Å²) in [4.78, 5) is 19.1. The van der Waals surface area contributed by atoms with E-state index in [0.29, 0.717) is 12.5 Å². The zero-order valence-electron chi connectivity index (χ0n) is 12.1. The van der Waals surface area contributed by atoms with Crippen molar-refractivity contribution in [3.8, 4) is 0 Å². The van der Waals surface area contributed by atoms with Gasteiger partial charge in [0, 0.05) is 27.2 Å². The van der Waals surface area contributed by atoms with Crippen LogP contribution >= 0.6 is 0 Å². The van der Waals surface area contributed by atoms with Gasteiger partial charge in [-0.15, -0.1) is 0 Å². The van der Waals surface area contributed by atoms with Gasteiger partial charge in [-0.25, -0.2) is 4.98 Å². The largest absolute Gasteiger partial charge is 0.481 e. The van der Waals surface area contributed by atoms with Crippen molar-refractivity contribution in [2.45, 2.75) is 20.3 Å². The Morgan fingerprint density at radius 2 is 2.05 bits per heavy atom. The summed E-state index contributed by atoms with van der Waals surface area (Å²) in [5.74, 6) is 0.598. The van der Waals surface area contributed by atoms with Crippen LogP contribution in [0.3, 0.4) is 0 Å². The molecule has 0 aromatic carbocycles. The van der Waals surface area contributed by atoms with Crippen LogP contribution in [0.4, 0.5) is 11.5 Å². The molecule has 106 valence electrons. The highest BCUT2D eigenvalue weighted by Crippen LogP contribution is 2.18. The zero-order chi connectivity index (χ0) is 14.4. The molecule has 0 aliphatic carbocycles.